The SMILES string of the molecule is COC(=O)C1=C(C)NC(=O)NC12C(=O)N(Cc1ccc(OC)cc1)c1cc(F)ccc12. The van der Waals surface area contributed by atoms with Crippen LogP contribution in [0.25, 0.3) is 0 Å². The highest BCUT2D eigenvalue weighted by atomic mass is 19.1. The summed E-state index contributed by atoms with van der Waals surface area (Å²) in [6.45, 7) is 1.60. The summed E-state index contributed by atoms with van der Waals surface area (Å²) in [6, 6.07) is 10.2. The molecule has 9 heteroatoms. The Morgan fingerprint density at radius 1 is 1.13 bits per heavy atom. The van der Waals surface area contributed by atoms with E-state index in [0.29, 0.717) is 11.3 Å². The third kappa shape index (κ3) is 3.09. The van der Waals surface area contributed by atoms with E-state index < -0.39 is 29.3 Å². The number of fused-ring (bicyclic) bond motifs is 2. The van der Waals surface area contributed by atoms with E-state index in [9.17, 15) is 18.8 Å². The fourth-order valence-corrected chi connectivity index (χ4v) is 4.09. The Bertz CT molecular complexity index is 1130. The fourth-order valence-electron chi connectivity index (χ4n) is 4.09. The molecule has 0 saturated heterocycles. The van der Waals surface area contributed by atoms with Crippen molar-refractivity contribution in [1.82, 2.24) is 10.6 Å². The van der Waals surface area contributed by atoms with E-state index in [1.54, 1.807) is 31.4 Å². The Labute approximate surface area is 177 Å². The number of halogens is 1. The van der Waals surface area contributed by atoms with Gasteiger partial charge in [-0.25, -0.2) is 14.0 Å². The van der Waals surface area contributed by atoms with E-state index in [1.165, 1.54) is 37.1 Å². The van der Waals surface area contributed by atoms with Crippen LogP contribution in [0.5, 0.6) is 5.75 Å². The summed E-state index contributed by atoms with van der Waals surface area (Å²) in [4.78, 5) is 40.2. The van der Waals surface area contributed by atoms with Crippen LogP contribution in [-0.4, -0.2) is 32.1 Å². The second-order valence-electron chi connectivity index (χ2n) is 7.22. The van der Waals surface area contributed by atoms with Crippen LogP contribution in [-0.2, 0) is 26.4 Å². The second kappa shape index (κ2) is 7.42. The number of rotatable bonds is 4. The smallest absolute Gasteiger partial charge is 0.338 e. The third-order valence-corrected chi connectivity index (χ3v) is 5.46. The zero-order valence-corrected chi connectivity index (χ0v) is 17.1. The zero-order chi connectivity index (χ0) is 22.3. The molecule has 2 aromatic carbocycles. The highest BCUT2D eigenvalue weighted by Gasteiger charge is 2.59. The van der Waals surface area contributed by atoms with E-state index in [-0.39, 0.29) is 23.5 Å². The predicted molar refractivity (Wildman–Crippen MR) is 109 cm³/mol. The molecule has 2 N–H and O–H groups in total. The molecule has 0 radical (unpaired) electrons. The Hall–Kier alpha value is -3.88. The van der Waals surface area contributed by atoms with Crippen LogP contribution >= 0.6 is 0 Å². The van der Waals surface area contributed by atoms with Crippen molar-refractivity contribution in [2.45, 2.75) is 19.0 Å². The molecule has 160 valence electrons. The molecule has 4 rings (SSSR count). The molecule has 0 fully saturated rings. The summed E-state index contributed by atoms with van der Waals surface area (Å²) < 4.78 is 24.2. The molecule has 0 aromatic heterocycles. The topological polar surface area (TPSA) is 97.0 Å². The lowest BCUT2D eigenvalue weighted by Gasteiger charge is -2.35. The van der Waals surface area contributed by atoms with Gasteiger partial charge in [0.2, 0.25) is 0 Å². The summed E-state index contributed by atoms with van der Waals surface area (Å²) in [5.41, 5.74) is -0.383. The quantitative estimate of drug-likeness (QED) is 0.733. The highest BCUT2D eigenvalue weighted by molar-refractivity contribution is 6.17. The van der Waals surface area contributed by atoms with Crippen molar-refractivity contribution < 1.29 is 28.2 Å². The summed E-state index contributed by atoms with van der Waals surface area (Å²) >= 11 is 0. The van der Waals surface area contributed by atoms with Crippen LogP contribution in [0.4, 0.5) is 14.9 Å². The van der Waals surface area contributed by atoms with Gasteiger partial charge in [-0.05, 0) is 36.8 Å². The molecule has 0 aliphatic carbocycles. The van der Waals surface area contributed by atoms with E-state index in [1.807, 2.05) is 0 Å². The summed E-state index contributed by atoms with van der Waals surface area (Å²) in [5.74, 6) is -1.26. The number of carbonyl (C=O) groups excluding carboxylic acids is 3. The number of allylic oxidation sites excluding steroid dienone is 1. The summed E-state index contributed by atoms with van der Waals surface area (Å²) in [6.07, 6.45) is 0. The average molecular weight is 425 g/mol. The van der Waals surface area contributed by atoms with Gasteiger partial charge >= 0.3 is 12.0 Å². The number of methoxy groups -OCH3 is 2. The van der Waals surface area contributed by atoms with Crippen LogP contribution in [0.15, 0.2) is 53.7 Å². The number of urea groups is 1. The Kier molecular flexibility index (Phi) is 4.88. The number of esters is 1. The number of benzene rings is 2. The highest BCUT2D eigenvalue weighted by Crippen LogP contribution is 2.47. The lowest BCUT2D eigenvalue weighted by molar-refractivity contribution is -0.139. The molecule has 3 amide bonds. The van der Waals surface area contributed by atoms with E-state index in [0.717, 1.165) is 5.56 Å². The van der Waals surface area contributed by atoms with Gasteiger partial charge in [0, 0.05) is 11.3 Å². The van der Waals surface area contributed by atoms with Gasteiger partial charge in [0.25, 0.3) is 5.91 Å². The average Bonchev–Trinajstić information content (AvgIpc) is 2.95. The molecule has 1 atom stereocenters. The minimum Gasteiger partial charge on any atom is -0.497 e. The third-order valence-electron chi connectivity index (χ3n) is 5.46. The molecule has 2 aliphatic heterocycles. The number of carbonyl (C=O) groups is 3. The Morgan fingerprint density at radius 3 is 2.48 bits per heavy atom. The van der Waals surface area contributed by atoms with Gasteiger partial charge in [-0.2, -0.15) is 0 Å². The predicted octanol–water partition coefficient (Wildman–Crippen LogP) is 2.34. The molecular weight excluding hydrogens is 405 g/mol. The number of nitrogens with one attached hydrogen (secondary N) is 2. The van der Waals surface area contributed by atoms with E-state index in [4.69, 9.17) is 9.47 Å². The van der Waals surface area contributed by atoms with Crippen LogP contribution in [0.1, 0.15) is 18.1 Å². The van der Waals surface area contributed by atoms with Crippen LogP contribution in [0.3, 0.4) is 0 Å². The lowest BCUT2D eigenvalue weighted by atomic mass is 9.81. The number of hydrogen-bond donors (Lipinski definition) is 2. The first-order valence-corrected chi connectivity index (χ1v) is 9.45. The lowest BCUT2D eigenvalue weighted by Crippen LogP contribution is -2.61. The minimum atomic E-state index is -1.82. The fraction of sp³-hybridized carbons (Fsp3) is 0.227. The van der Waals surface area contributed by atoms with Gasteiger partial charge in [0.15, 0.2) is 5.54 Å². The normalized spacial score (nSPS) is 19.8. The molecule has 2 aliphatic rings. The van der Waals surface area contributed by atoms with Gasteiger partial charge in [0.05, 0.1) is 32.0 Å². The Morgan fingerprint density at radius 2 is 1.84 bits per heavy atom. The van der Waals surface area contributed by atoms with E-state index in [2.05, 4.69) is 10.6 Å². The molecule has 1 spiro atoms. The largest absolute Gasteiger partial charge is 0.497 e. The molecule has 2 heterocycles. The molecule has 31 heavy (non-hydrogen) atoms. The van der Waals surface area contributed by atoms with Crippen molar-refractivity contribution in [3.8, 4) is 5.75 Å². The molecular formula is C22H20FN3O5. The molecule has 8 nitrogen and oxygen atoms in total. The van der Waals surface area contributed by atoms with Gasteiger partial charge < -0.3 is 25.0 Å². The van der Waals surface area contributed by atoms with E-state index >= 15 is 0 Å². The monoisotopic (exact) mass is 425 g/mol. The van der Waals surface area contributed by atoms with Crippen LogP contribution < -0.4 is 20.3 Å². The zero-order valence-electron chi connectivity index (χ0n) is 17.1. The van der Waals surface area contributed by atoms with Gasteiger partial charge in [-0.1, -0.05) is 18.2 Å². The first-order chi connectivity index (χ1) is 14.8. The molecule has 1 unspecified atom stereocenters. The first kappa shape index (κ1) is 20.4. The summed E-state index contributed by atoms with van der Waals surface area (Å²) in [7, 11) is 2.73. The van der Waals surface area contributed by atoms with Gasteiger partial charge in [-0.15, -0.1) is 0 Å². The summed E-state index contributed by atoms with van der Waals surface area (Å²) in [5, 5.41) is 5.11. The second-order valence-corrected chi connectivity index (χ2v) is 7.22. The van der Waals surface area contributed by atoms with Crippen molar-refractivity contribution in [2.24, 2.45) is 0 Å². The maximum absolute atomic E-state index is 14.2. The van der Waals surface area contributed by atoms with Crippen LogP contribution in [0.2, 0.25) is 0 Å². The number of hydrogen-bond acceptors (Lipinski definition) is 5. The Balaban J connectivity index is 1.89. The molecule has 0 saturated carbocycles. The number of ether oxygens (including phenoxy) is 2. The van der Waals surface area contributed by atoms with Crippen molar-refractivity contribution in [3.63, 3.8) is 0 Å². The van der Waals surface area contributed by atoms with Crippen LogP contribution in [0, 0.1) is 5.82 Å². The maximum atomic E-state index is 14.2. The molecule has 2 aromatic rings. The standard InChI is InChI=1S/C22H20FN3O5/c1-12-18(19(27)31-3)22(25-21(29)24-12)16-9-6-14(23)10-17(16)26(20(22)28)11-13-4-7-15(30-2)8-5-13/h4-10H,11H2,1-3H3,(H2,24,25,29). The molecule has 0 bridgehead atoms. The maximum Gasteiger partial charge on any atom is 0.338 e. The van der Waals surface area contributed by atoms with Crippen molar-refractivity contribution in [3.05, 3.63) is 70.7 Å². The van der Waals surface area contributed by atoms with Crippen molar-refractivity contribution in [2.75, 3.05) is 19.1 Å². The minimum absolute atomic E-state index is 0.0512. The number of amides is 3. The van der Waals surface area contributed by atoms with Gasteiger partial charge in [-0.3, -0.25) is 4.79 Å². The number of anilines is 1. The van der Waals surface area contributed by atoms with Gasteiger partial charge in [0.1, 0.15) is 11.6 Å². The number of nitrogens with zero attached hydrogens (tertiary/aromatic N) is 1. The van der Waals surface area contributed by atoms with Crippen molar-refractivity contribution in [1.29, 1.82) is 0 Å². The van der Waals surface area contributed by atoms with Crippen molar-refractivity contribution >= 4 is 23.6 Å². The first-order valence-electron chi connectivity index (χ1n) is 9.45.